The quantitative estimate of drug-likeness (QED) is 0.791. The van der Waals surface area contributed by atoms with Gasteiger partial charge in [0.25, 0.3) is 5.91 Å². The Hall–Kier alpha value is -3.35. The Morgan fingerprint density at radius 2 is 1.81 bits per heavy atom. The third-order valence-corrected chi connectivity index (χ3v) is 4.24. The van der Waals surface area contributed by atoms with Crippen molar-refractivity contribution in [1.29, 1.82) is 0 Å². The minimum atomic E-state index is -0.619. The molecule has 3 rings (SSSR count). The number of hydrogen-bond acceptors (Lipinski definition) is 5. The van der Waals surface area contributed by atoms with Gasteiger partial charge in [0.15, 0.2) is 6.61 Å². The summed E-state index contributed by atoms with van der Waals surface area (Å²) in [7, 11) is 1.52. The van der Waals surface area contributed by atoms with E-state index in [1.54, 1.807) is 48.5 Å². The summed E-state index contributed by atoms with van der Waals surface area (Å²) in [6.45, 7) is -0.203. The highest BCUT2D eigenvalue weighted by Crippen LogP contribution is 2.33. The van der Waals surface area contributed by atoms with Crippen LogP contribution in [-0.4, -0.2) is 38.0 Å². The molecule has 7 nitrogen and oxygen atoms in total. The molecule has 140 valence electrons. The Balaban J connectivity index is 1.55. The lowest BCUT2D eigenvalue weighted by Gasteiger charge is -2.19. The molecule has 0 saturated carbocycles. The van der Waals surface area contributed by atoms with Crippen molar-refractivity contribution >= 4 is 29.2 Å². The van der Waals surface area contributed by atoms with Crippen LogP contribution in [0.5, 0.6) is 5.75 Å². The molecule has 1 N–H and O–H groups in total. The molecule has 1 aliphatic heterocycles. The largest absolute Gasteiger partial charge is 0.495 e. The first-order chi connectivity index (χ1) is 13.1. The van der Waals surface area contributed by atoms with Gasteiger partial charge in [-0.15, -0.1) is 0 Å². The zero-order valence-corrected chi connectivity index (χ0v) is 14.9. The van der Waals surface area contributed by atoms with Crippen LogP contribution < -0.4 is 15.0 Å². The molecule has 1 aliphatic rings. The Morgan fingerprint density at radius 1 is 1.11 bits per heavy atom. The molecule has 1 atom stereocenters. The number of rotatable bonds is 6. The standard InChI is InChI=1S/C20H20N2O5/c1-26-17-10-6-5-9-16(17)22-12-14(11-19(22)24)20(25)27-13-18(23)21-15-7-3-2-4-8-15/h2-10,14H,11-13H2,1H3,(H,21,23)/t14-/m0/s1. The van der Waals surface area contributed by atoms with Crippen LogP contribution in [0.15, 0.2) is 54.6 Å². The van der Waals surface area contributed by atoms with Crippen LogP contribution in [0.4, 0.5) is 11.4 Å². The van der Waals surface area contributed by atoms with Gasteiger partial charge in [-0.05, 0) is 24.3 Å². The number of ether oxygens (including phenoxy) is 2. The topological polar surface area (TPSA) is 84.9 Å². The first-order valence-electron chi connectivity index (χ1n) is 8.53. The fourth-order valence-electron chi connectivity index (χ4n) is 2.92. The van der Waals surface area contributed by atoms with E-state index in [1.165, 1.54) is 12.0 Å². The van der Waals surface area contributed by atoms with E-state index in [2.05, 4.69) is 5.32 Å². The zero-order valence-electron chi connectivity index (χ0n) is 14.9. The highest BCUT2D eigenvalue weighted by atomic mass is 16.5. The molecule has 0 spiro atoms. The second-order valence-corrected chi connectivity index (χ2v) is 6.10. The van der Waals surface area contributed by atoms with Gasteiger partial charge in [0.2, 0.25) is 5.91 Å². The van der Waals surface area contributed by atoms with Gasteiger partial charge < -0.3 is 19.7 Å². The SMILES string of the molecule is COc1ccccc1N1C[C@@H](C(=O)OCC(=O)Nc2ccccc2)CC1=O. The maximum atomic E-state index is 12.3. The molecular formula is C20H20N2O5. The van der Waals surface area contributed by atoms with Gasteiger partial charge in [0.1, 0.15) is 5.75 Å². The van der Waals surface area contributed by atoms with Crippen molar-refractivity contribution in [3.05, 3.63) is 54.6 Å². The molecule has 27 heavy (non-hydrogen) atoms. The second-order valence-electron chi connectivity index (χ2n) is 6.10. The van der Waals surface area contributed by atoms with Crippen LogP contribution in [0.25, 0.3) is 0 Å². The number of methoxy groups -OCH3 is 1. The lowest BCUT2D eigenvalue weighted by Crippen LogP contribution is -2.28. The van der Waals surface area contributed by atoms with Crippen molar-refractivity contribution in [3.8, 4) is 5.75 Å². The van der Waals surface area contributed by atoms with Gasteiger partial charge in [-0.3, -0.25) is 14.4 Å². The Labute approximate surface area is 156 Å². The van der Waals surface area contributed by atoms with E-state index in [1.807, 2.05) is 6.07 Å². The van der Waals surface area contributed by atoms with E-state index in [-0.39, 0.29) is 18.9 Å². The third-order valence-electron chi connectivity index (χ3n) is 4.24. The molecule has 0 bridgehead atoms. The van der Waals surface area contributed by atoms with E-state index < -0.39 is 24.4 Å². The molecule has 1 heterocycles. The Kier molecular flexibility index (Phi) is 5.71. The number of nitrogens with zero attached hydrogens (tertiary/aromatic N) is 1. The number of esters is 1. The van der Waals surface area contributed by atoms with E-state index in [9.17, 15) is 14.4 Å². The van der Waals surface area contributed by atoms with Gasteiger partial charge in [0.05, 0.1) is 18.7 Å². The van der Waals surface area contributed by atoms with E-state index >= 15 is 0 Å². The normalized spacial score (nSPS) is 16.1. The first-order valence-corrected chi connectivity index (χ1v) is 8.53. The van der Waals surface area contributed by atoms with Crippen LogP contribution >= 0.6 is 0 Å². The summed E-state index contributed by atoms with van der Waals surface area (Å²) in [5.74, 6) is -1.24. The van der Waals surface area contributed by atoms with Crippen LogP contribution in [-0.2, 0) is 19.1 Å². The molecule has 2 aromatic rings. The van der Waals surface area contributed by atoms with Gasteiger partial charge in [-0.25, -0.2) is 0 Å². The summed E-state index contributed by atoms with van der Waals surface area (Å²) in [6.07, 6.45) is 0.0389. The predicted octanol–water partition coefficient (Wildman–Crippen LogP) is 2.23. The van der Waals surface area contributed by atoms with Gasteiger partial charge in [-0.1, -0.05) is 30.3 Å². The van der Waals surface area contributed by atoms with Gasteiger partial charge in [-0.2, -0.15) is 0 Å². The molecule has 2 aromatic carbocycles. The lowest BCUT2D eigenvalue weighted by molar-refractivity contribution is -0.151. The summed E-state index contributed by atoms with van der Waals surface area (Å²) >= 11 is 0. The maximum absolute atomic E-state index is 12.3. The van der Waals surface area contributed by atoms with Crippen molar-refractivity contribution < 1.29 is 23.9 Å². The molecule has 0 radical (unpaired) electrons. The average molecular weight is 368 g/mol. The van der Waals surface area contributed by atoms with Crippen molar-refractivity contribution in [3.63, 3.8) is 0 Å². The first kappa shape index (κ1) is 18.4. The number of amides is 2. The summed E-state index contributed by atoms with van der Waals surface area (Å²) in [5.41, 5.74) is 1.24. The molecule has 0 aliphatic carbocycles. The van der Waals surface area contributed by atoms with Crippen LogP contribution in [0.3, 0.4) is 0 Å². The molecule has 0 unspecified atom stereocenters. The number of carbonyl (C=O) groups is 3. The molecule has 1 saturated heterocycles. The molecule has 1 fully saturated rings. The minimum absolute atomic E-state index is 0.0389. The maximum Gasteiger partial charge on any atom is 0.311 e. The number of benzene rings is 2. The zero-order chi connectivity index (χ0) is 19.2. The summed E-state index contributed by atoms with van der Waals surface area (Å²) < 4.78 is 10.4. The predicted molar refractivity (Wildman–Crippen MR) is 99.5 cm³/mol. The van der Waals surface area contributed by atoms with Crippen LogP contribution in [0, 0.1) is 5.92 Å². The molecule has 7 heteroatoms. The van der Waals surface area contributed by atoms with Crippen molar-refractivity contribution in [2.45, 2.75) is 6.42 Å². The number of anilines is 2. The van der Waals surface area contributed by atoms with Crippen molar-refractivity contribution in [2.24, 2.45) is 5.92 Å². The number of carbonyl (C=O) groups excluding carboxylic acids is 3. The highest BCUT2D eigenvalue weighted by Gasteiger charge is 2.37. The number of nitrogens with one attached hydrogen (secondary N) is 1. The van der Waals surface area contributed by atoms with Gasteiger partial charge >= 0.3 is 5.97 Å². The van der Waals surface area contributed by atoms with Gasteiger partial charge in [0, 0.05) is 18.7 Å². The Bertz CT molecular complexity index is 837. The van der Waals surface area contributed by atoms with Crippen LogP contribution in [0.2, 0.25) is 0 Å². The average Bonchev–Trinajstić information content (AvgIpc) is 3.08. The molecular weight excluding hydrogens is 348 g/mol. The molecule has 2 amide bonds. The molecule has 0 aromatic heterocycles. The lowest BCUT2D eigenvalue weighted by atomic mass is 10.1. The fraction of sp³-hybridized carbons (Fsp3) is 0.250. The van der Waals surface area contributed by atoms with E-state index in [0.29, 0.717) is 17.1 Å². The Morgan fingerprint density at radius 3 is 2.56 bits per heavy atom. The van der Waals surface area contributed by atoms with Crippen molar-refractivity contribution in [2.75, 3.05) is 30.5 Å². The van der Waals surface area contributed by atoms with Crippen LogP contribution in [0.1, 0.15) is 6.42 Å². The summed E-state index contributed by atoms with van der Waals surface area (Å²) in [5, 5.41) is 2.64. The number of hydrogen-bond donors (Lipinski definition) is 1. The highest BCUT2D eigenvalue weighted by molar-refractivity contribution is 6.01. The van der Waals surface area contributed by atoms with Crippen molar-refractivity contribution in [1.82, 2.24) is 0 Å². The van der Waals surface area contributed by atoms with E-state index in [4.69, 9.17) is 9.47 Å². The number of para-hydroxylation sites is 3. The monoisotopic (exact) mass is 368 g/mol. The fourth-order valence-corrected chi connectivity index (χ4v) is 2.92. The third kappa shape index (κ3) is 4.44. The van der Waals surface area contributed by atoms with E-state index in [0.717, 1.165) is 0 Å². The smallest absolute Gasteiger partial charge is 0.311 e. The summed E-state index contributed by atoms with van der Waals surface area (Å²) in [6, 6.07) is 16.0. The second kappa shape index (κ2) is 8.35. The minimum Gasteiger partial charge on any atom is -0.495 e. The summed E-state index contributed by atoms with van der Waals surface area (Å²) in [4.78, 5) is 38.0.